The Hall–Kier alpha value is -3.05. The predicted octanol–water partition coefficient (Wildman–Crippen LogP) is 2.87. The quantitative estimate of drug-likeness (QED) is 0.504. The van der Waals surface area contributed by atoms with Crippen LogP contribution in [0.2, 0.25) is 0 Å². The van der Waals surface area contributed by atoms with Gasteiger partial charge in [0.25, 0.3) is 0 Å². The smallest absolute Gasteiger partial charge is 0.330 e. The number of hydroxylamine groups is 2. The fourth-order valence-corrected chi connectivity index (χ4v) is 4.70. The number of aromatic nitrogens is 4. The summed E-state index contributed by atoms with van der Waals surface area (Å²) >= 11 is 0. The van der Waals surface area contributed by atoms with Gasteiger partial charge in [-0.1, -0.05) is 0 Å². The second kappa shape index (κ2) is 9.54. The molecule has 1 fully saturated rings. The molecule has 11 heteroatoms. The Kier molecular flexibility index (Phi) is 6.83. The van der Waals surface area contributed by atoms with Gasteiger partial charge in [-0.05, 0) is 63.8 Å². The van der Waals surface area contributed by atoms with E-state index in [1.54, 1.807) is 40.2 Å². The van der Waals surface area contributed by atoms with Gasteiger partial charge in [0, 0.05) is 32.9 Å². The number of hydrogen-bond acceptors (Lipinski definition) is 9. The first kappa shape index (κ1) is 25.1. The normalized spacial score (nSPS) is 15.9. The lowest BCUT2D eigenvalue weighted by Gasteiger charge is -2.34. The number of rotatable bonds is 6. The number of hydrogen-bond donors (Lipinski definition) is 0. The van der Waals surface area contributed by atoms with Gasteiger partial charge in [-0.3, -0.25) is 0 Å². The van der Waals surface area contributed by atoms with Crippen molar-refractivity contribution < 1.29 is 18.0 Å². The zero-order chi connectivity index (χ0) is 25.4. The number of nitrogens with zero attached hydrogens (tertiary/aromatic N) is 6. The summed E-state index contributed by atoms with van der Waals surface area (Å²) in [6, 6.07) is 6.57. The van der Waals surface area contributed by atoms with Gasteiger partial charge in [0.15, 0.2) is 15.5 Å². The average Bonchev–Trinajstić information content (AvgIpc) is 3.23. The van der Waals surface area contributed by atoms with Crippen LogP contribution >= 0.6 is 0 Å². The van der Waals surface area contributed by atoms with Gasteiger partial charge in [-0.25, -0.2) is 27.9 Å². The fourth-order valence-electron chi connectivity index (χ4n) is 4.07. The zero-order valence-electron chi connectivity index (χ0n) is 20.8. The maximum atomic E-state index is 12.1. The van der Waals surface area contributed by atoms with Crippen LogP contribution in [0, 0.1) is 11.3 Å². The third kappa shape index (κ3) is 5.62. The van der Waals surface area contributed by atoms with Crippen molar-refractivity contribution in [3.8, 4) is 5.69 Å². The molecule has 1 aliphatic heterocycles. The molecule has 0 spiro atoms. The van der Waals surface area contributed by atoms with Gasteiger partial charge in [-0.15, -0.1) is 5.06 Å². The van der Waals surface area contributed by atoms with Gasteiger partial charge in [0.2, 0.25) is 0 Å². The molecule has 0 unspecified atom stereocenters. The third-order valence-electron chi connectivity index (χ3n) is 6.15. The summed E-state index contributed by atoms with van der Waals surface area (Å²) in [6.45, 7) is 7.79. The standard InChI is InChI=1S/C24H32N6O4S/c1-24(2,3)23(31)34-29-12-10-17(11-13-29)15-28(4)21-20-14-27-30(22(20)26-16-25-21)18-6-8-19(9-7-18)35(5,32)33/h6-9,14,16-17H,10-13,15H2,1-5H3. The SMILES string of the molecule is CN(CC1CCN(OC(=O)C(C)(C)C)CC1)c1ncnc2c1cnn2-c1ccc(S(C)(=O)=O)cc1. The van der Waals surface area contributed by atoms with E-state index in [1.165, 1.54) is 12.6 Å². The van der Waals surface area contributed by atoms with Crippen molar-refractivity contribution in [2.24, 2.45) is 11.3 Å². The molecule has 0 bridgehead atoms. The minimum absolute atomic E-state index is 0.209. The van der Waals surface area contributed by atoms with Gasteiger partial charge in [0.1, 0.15) is 12.1 Å². The summed E-state index contributed by atoms with van der Waals surface area (Å²) in [5.74, 6) is 1.02. The molecular formula is C24H32N6O4S. The fraction of sp³-hybridized carbons (Fsp3) is 0.500. The Morgan fingerprint density at radius 3 is 2.40 bits per heavy atom. The van der Waals surface area contributed by atoms with E-state index in [4.69, 9.17) is 4.84 Å². The molecule has 1 aliphatic rings. The van der Waals surface area contributed by atoms with E-state index in [1.807, 2.05) is 27.8 Å². The molecule has 2 aromatic heterocycles. The minimum Gasteiger partial charge on any atom is -0.367 e. The van der Waals surface area contributed by atoms with E-state index in [2.05, 4.69) is 20.0 Å². The Morgan fingerprint density at radius 1 is 1.14 bits per heavy atom. The Bertz CT molecular complexity index is 1310. The molecule has 3 aromatic rings. The molecule has 0 aliphatic carbocycles. The first-order valence-electron chi connectivity index (χ1n) is 11.6. The molecule has 3 heterocycles. The molecule has 35 heavy (non-hydrogen) atoms. The van der Waals surface area contributed by atoms with Crippen LogP contribution in [0.1, 0.15) is 33.6 Å². The van der Waals surface area contributed by atoms with E-state index in [0.717, 1.165) is 36.3 Å². The molecule has 0 atom stereocenters. The summed E-state index contributed by atoms with van der Waals surface area (Å²) in [5, 5.41) is 7.08. The van der Waals surface area contributed by atoms with Crippen molar-refractivity contribution in [2.75, 3.05) is 37.8 Å². The lowest BCUT2D eigenvalue weighted by atomic mass is 9.96. The van der Waals surface area contributed by atoms with Crippen molar-refractivity contribution in [1.29, 1.82) is 0 Å². The van der Waals surface area contributed by atoms with Crippen molar-refractivity contribution in [2.45, 2.75) is 38.5 Å². The van der Waals surface area contributed by atoms with Crippen LogP contribution in [0.4, 0.5) is 5.82 Å². The highest BCUT2D eigenvalue weighted by atomic mass is 32.2. The van der Waals surface area contributed by atoms with Crippen molar-refractivity contribution in [3.05, 3.63) is 36.8 Å². The highest BCUT2D eigenvalue weighted by Crippen LogP contribution is 2.27. The molecule has 4 rings (SSSR count). The highest BCUT2D eigenvalue weighted by molar-refractivity contribution is 7.90. The zero-order valence-corrected chi connectivity index (χ0v) is 21.6. The lowest BCUT2D eigenvalue weighted by molar-refractivity contribution is -0.205. The van der Waals surface area contributed by atoms with Crippen LogP contribution in [0.5, 0.6) is 0 Å². The molecule has 0 radical (unpaired) electrons. The minimum atomic E-state index is -3.27. The molecule has 0 N–H and O–H groups in total. The Labute approximate surface area is 205 Å². The first-order chi connectivity index (χ1) is 16.4. The van der Waals surface area contributed by atoms with Crippen LogP contribution in [0.25, 0.3) is 16.7 Å². The van der Waals surface area contributed by atoms with Gasteiger partial charge >= 0.3 is 5.97 Å². The number of benzene rings is 1. The monoisotopic (exact) mass is 500 g/mol. The molecular weight excluding hydrogens is 468 g/mol. The molecule has 10 nitrogen and oxygen atoms in total. The summed E-state index contributed by atoms with van der Waals surface area (Å²) in [4.78, 5) is 29.0. The maximum Gasteiger partial charge on any atom is 0.330 e. The van der Waals surface area contributed by atoms with Crippen molar-refractivity contribution in [1.82, 2.24) is 24.8 Å². The molecule has 1 saturated heterocycles. The number of anilines is 1. The van der Waals surface area contributed by atoms with Crippen LogP contribution in [0.15, 0.2) is 41.7 Å². The van der Waals surface area contributed by atoms with Gasteiger partial charge in [0.05, 0.1) is 27.6 Å². The third-order valence-corrected chi connectivity index (χ3v) is 7.27. The van der Waals surface area contributed by atoms with Gasteiger partial charge in [-0.2, -0.15) is 5.10 Å². The predicted molar refractivity (Wildman–Crippen MR) is 133 cm³/mol. The molecule has 1 aromatic carbocycles. The summed E-state index contributed by atoms with van der Waals surface area (Å²) in [7, 11) is -1.26. The second-order valence-electron chi connectivity index (χ2n) is 10.1. The van der Waals surface area contributed by atoms with Crippen LogP contribution in [-0.4, -0.2) is 72.1 Å². The van der Waals surface area contributed by atoms with E-state index < -0.39 is 15.3 Å². The van der Waals surface area contributed by atoms with Crippen molar-refractivity contribution >= 4 is 32.7 Å². The Balaban J connectivity index is 1.45. The van der Waals surface area contributed by atoms with Crippen LogP contribution < -0.4 is 4.90 Å². The first-order valence-corrected chi connectivity index (χ1v) is 13.5. The number of fused-ring (bicyclic) bond motifs is 1. The molecule has 0 amide bonds. The van der Waals surface area contributed by atoms with E-state index in [0.29, 0.717) is 24.7 Å². The van der Waals surface area contributed by atoms with E-state index in [-0.39, 0.29) is 10.9 Å². The van der Waals surface area contributed by atoms with Crippen LogP contribution in [-0.2, 0) is 19.5 Å². The number of carbonyl (C=O) groups is 1. The van der Waals surface area contributed by atoms with E-state index >= 15 is 0 Å². The lowest BCUT2D eigenvalue weighted by Crippen LogP contribution is -2.41. The molecule has 188 valence electrons. The van der Waals surface area contributed by atoms with Gasteiger partial charge < -0.3 is 9.74 Å². The topological polar surface area (TPSA) is 111 Å². The second-order valence-corrected chi connectivity index (χ2v) is 12.2. The summed E-state index contributed by atoms with van der Waals surface area (Å²) in [5.41, 5.74) is 0.852. The highest BCUT2D eigenvalue weighted by Gasteiger charge is 2.29. The number of carbonyl (C=O) groups excluding carboxylic acids is 1. The molecule has 0 saturated carbocycles. The largest absolute Gasteiger partial charge is 0.367 e. The maximum absolute atomic E-state index is 12.1. The van der Waals surface area contributed by atoms with Crippen molar-refractivity contribution in [3.63, 3.8) is 0 Å². The number of piperidine rings is 1. The summed E-state index contributed by atoms with van der Waals surface area (Å²) < 4.78 is 25.2. The van der Waals surface area contributed by atoms with E-state index in [9.17, 15) is 13.2 Å². The summed E-state index contributed by atoms with van der Waals surface area (Å²) in [6.07, 6.45) is 6.28. The average molecular weight is 501 g/mol. The van der Waals surface area contributed by atoms with Crippen LogP contribution in [0.3, 0.4) is 0 Å². The Morgan fingerprint density at radius 2 is 1.80 bits per heavy atom. The number of sulfone groups is 1.